The standard InChI is InChI=1S/C11H19N3S/c1-9(6-8-15-4)14(3)11-5-7-12-10(2)13-11/h5,7,9H,6,8H2,1-4H3/t9-/m0/s1. The zero-order valence-corrected chi connectivity index (χ0v) is 10.7. The Hall–Kier alpha value is -0.770. The Bertz CT molecular complexity index is 304. The molecule has 4 heteroatoms. The zero-order chi connectivity index (χ0) is 11.3. The molecule has 1 aromatic rings. The summed E-state index contributed by atoms with van der Waals surface area (Å²) in [6, 6.07) is 2.48. The first kappa shape index (κ1) is 12.3. The van der Waals surface area contributed by atoms with E-state index in [1.165, 1.54) is 12.2 Å². The van der Waals surface area contributed by atoms with Gasteiger partial charge in [-0.15, -0.1) is 0 Å². The fourth-order valence-corrected chi connectivity index (χ4v) is 1.92. The van der Waals surface area contributed by atoms with Crippen molar-refractivity contribution in [3.63, 3.8) is 0 Å². The maximum absolute atomic E-state index is 4.41. The maximum Gasteiger partial charge on any atom is 0.132 e. The van der Waals surface area contributed by atoms with Gasteiger partial charge in [0.05, 0.1) is 0 Å². The Balaban J connectivity index is 2.62. The van der Waals surface area contributed by atoms with Crippen molar-refractivity contribution in [3.05, 3.63) is 18.1 Å². The summed E-state index contributed by atoms with van der Waals surface area (Å²) in [5.41, 5.74) is 0. The highest BCUT2D eigenvalue weighted by Crippen LogP contribution is 2.14. The molecule has 1 heterocycles. The van der Waals surface area contributed by atoms with Crippen molar-refractivity contribution in [3.8, 4) is 0 Å². The predicted octanol–water partition coefficient (Wildman–Crippen LogP) is 2.36. The molecule has 0 unspecified atom stereocenters. The van der Waals surface area contributed by atoms with Crippen LogP contribution in [0.5, 0.6) is 0 Å². The highest BCUT2D eigenvalue weighted by atomic mass is 32.2. The first-order valence-corrected chi connectivity index (χ1v) is 6.56. The number of anilines is 1. The predicted molar refractivity (Wildman–Crippen MR) is 67.6 cm³/mol. The lowest BCUT2D eigenvalue weighted by molar-refractivity contribution is 0.660. The van der Waals surface area contributed by atoms with E-state index in [2.05, 4.69) is 35.1 Å². The van der Waals surface area contributed by atoms with Gasteiger partial charge < -0.3 is 4.90 Å². The number of nitrogens with zero attached hydrogens (tertiary/aromatic N) is 3. The Morgan fingerprint density at radius 3 is 2.87 bits per heavy atom. The SMILES string of the molecule is CSCC[C@H](C)N(C)c1ccnc(C)n1. The molecule has 0 N–H and O–H groups in total. The van der Waals surface area contributed by atoms with Gasteiger partial charge in [0.1, 0.15) is 11.6 Å². The molecule has 0 fully saturated rings. The molecule has 1 rings (SSSR count). The minimum Gasteiger partial charge on any atom is -0.357 e. The third-order valence-electron chi connectivity index (χ3n) is 2.52. The third-order valence-corrected chi connectivity index (χ3v) is 3.17. The summed E-state index contributed by atoms with van der Waals surface area (Å²) in [5, 5.41) is 0. The summed E-state index contributed by atoms with van der Waals surface area (Å²) in [4.78, 5) is 10.7. The Labute approximate surface area is 96.3 Å². The molecule has 15 heavy (non-hydrogen) atoms. The van der Waals surface area contributed by atoms with Crippen LogP contribution in [0.25, 0.3) is 0 Å². The molecule has 0 aliphatic rings. The van der Waals surface area contributed by atoms with E-state index in [0.29, 0.717) is 6.04 Å². The van der Waals surface area contributed by atoms with Gasteiger partial charge in [-0.3, -0.25) is 0 Å². The van der Waals surface area contributed by atoms with E-state index in [1.54, 1.807) is 0 Å². The van der Waals surface area contributed by atoms with Crippen molar-refractivity contribution in [2.45, 2.75) is 26.3 Å². The van der Waals surface area contributed by atoms with Crippen molar-refractivity contribution in [2.24, 2.45) is 0 Å². The van der Waals surface area contributed by atoms with Gasteiger partial charge in [0.15, 0.2) is 0 Å². The van der Waals surface area contributed by atoms with Gasteiger partial charge in [0.2, 0.25) is 0 Å². The molecule has 0 bridgehead atoms. The Kier molecular flexibility index (Phi) is 4.88. The fourth-order valence-electron chi connectivity index (χ4n) is 1.35. The maximum atomic E-state index is 4.41. The van der Waals surface area contributed by atoms with E-state index in [0.717, 1.165) is 11.6 Å². The van der Waals surface area contributed by atoms with Crippen molar-refractivity contribution in [1.29, 1.82) is 0 Å². The molecule has 0 aliphatic heterocycles. The van der Waals surface area contributed by atoms with Crippen LogP contribution in [0.4, 0.5) is 5.82 Å². The zero-order valence-electron chi connectivity index (χ0n) is 9.90. The molecule has 1 aromatic heterocycles. The lowest BCUT2D eigenvalue weighted by Crippen LogP contribution is -2.30. The van der Waals surface area contributed by atoms with E-state index in [9.17, 15) is 0 Å². The third kappa shape index (κ3) is 3.70. The second-order valence-corrected chi connectivity index (χ2v) is 4.69. The molecule has 0 saturated carbocycles. The largest absolute Gasteiger partial charge is 0.357 e. The monoisotopic (exact) mass is 225 g/mol. The molecule has 0 saturated heterocycles. The molecule has 3 nitrogen and oxygen atoms in total. The fraction of sp³-hybridized carbons (Fsp3) is 0.636. The summed E-state index contributed by atoms with van der Waals surface area (Å²) in [5.74, 6) is 3.03. The smallest absolute Gasteiger partial charge is 0.132 e. The number of hydrogen-bond acceptors (Lipinski definition) is 4. The van der Waals surface area contributed by atoms with Gasteiger partial charge >= 0.3 is 0 Å². The number of thioether (sulfide) groups is 1. The van der Waals surface area contributed by atoms with Crippen LogP contribution >= 0.6 is 11.8 Å². The van der Waals surface area contributed by atoms with Crippen LogP contribution in [-0.4, -0.2) is 35.1 Å². The summed E-state index contributed by atoms with van der Waals surface area (Å²) in [7, 11) is 2.09. The Morgan fingerprint density at radius 2 is 2.27 bits per heavy atom. The molecule has 0 spiro atoms. The van der Waals surface area contributed by atoms with Crippen LogP contribution in [0, 0.1) is 6.92 Å². The Morgan fingerprint density at radius 1 is 1.53 bits per heavy atom. The van der Waals surface area contributed by atoms with E-state index in [1.807, 2.05) is 30.9 Å². The molecule has 0 radical (unpaired) electrons. The average Bonchev–Trinajstić information content (AvgIpc) is 2.24. The van der Waals surface area contributed by atoms with Crippen LogP contribution < -0.4 is 4.90 Å². The lowest BCUT2D eigenvalue weighted by atomic mass is 10.2. The topological polar surface area (TPSA) is 29.0 Å². The summed E-state index contributed by atoms with van der Waals surface area (Å²) in [6.07, 6.45) is 5.14. The number of hydrogen-bond donors (Lipinski definition) is 0. The molecular formula is C11H19N3S. The summed E-state index contributed by atoms with van der Waals surface area (Å²) < 4.78 is 0. The first-order chi connectivity index (χ1) is 7.15. The van der Waals surface area contributed by atoms with Gasteiger partial charge in [-0.1, -0.05) is 0 Å². The van der Waals surface area contributed by atoms with Gasteiger partial charge in [-0.25, -0.2) is 9.97 Å². The minimum atomic E-state index is 0.520. The van der Waals surface area contributed by atoms with Crippen molar-refractivity contribution in [1.82, 2.24) is 9.97 Å². The average molecular weight is 225 g/mol. The van der Waals surface area contributed by atoms with Gasteiger partial charge in [0, 0.05) is 19.3 Å². The second-order valence-electron chi connectivity index (χ2n) is 3.70. The van der Waals surface area contributed by atoms with Crippen LogP contribution in [-0.2, 0) is 0 Å². The van der Waals surface area contributed by atoms with Crippen LogP contribution in [0.2, 0.25) is 0 Å². The van der Waals surface area contributed by atoms with Gasteiger partial charge in [-0.2, -0.15) is 11.8 Å². The highest BCUT2D eigenvalue weighted by Gasteiger charge is 2.10. The molecule has 0 aromatic carbocycles. The molecule has 0 amide bonds. The second kappa shape index (κ2) is 5.95. The minimum absolute atomic E-state index is 0.520. The number of rotatable bonds is 5. The van der Waals surface area contributed by atoms with Gasteiger partial charge in [0.25, 0.3) is 0 Å². The summed E-state index contributed by atoms with van der Waals surface area (Å²) >= 11 is 1.89. The summed E-state index contributed by atoms with van der Waals surface area (Å²) in [6.45, 7) is 4.15. The number of aryl methyl sites for hydroxylation is 1. The lowest BCUT2D eigenvalue weighted by Gasteiger charge is -2.25. The van der Waals surface area contributed by atoms with Crippen LogP contribution in [0.15, 0.2) is 12.3 Å². The van der Waals surface area contributed by atoms with Gasteiger partial charge in [-0.05, 0) is 38.3 Å². The van der Waals surface area contributed by atoms with Crippen molar-refractivity contribution < 1.29 is 0 Å². The van der Waals surface area contributed by atoms with Crippen LogP contribution in [0.1, 0.15) is 19.2 Å². The van der Waals surface area contributed by atoms with E-state index in [-0.39, 0.29) is 0 Å². The molecule has 1 atom stereocenters. The molecular weight excluding hydrogens is 206 g/mol. The van der Waals surface area contributed by atoms with Crippen molar-refractivity contribution in [2.75, 3.05) is 24.0 Å². The van der Waals surface area contributed by atoms with E-state index >= 15 is 0 Å². The van der Waals surface area contributed by atoms with Crippen LogP contribution in [0.3, 0.4) is 0 Å². The highest BCUT2D eigenvalue weighted by molar-refractivity contribution is 7.98. The number of aromatic nitrogens is 2. The van der Waals surface area contributed by atoms with E-state index in [4.69, 9.17) is 0 Å². The first-order valence-electron chi connectivity index (χ1n) is 5.16. The molecule has 0 aliphatic carbocycles. The molecule has 84 valence electrons. The van der Waals surface area contributed by atoms with E-state index < -0.39 is 0 Å². The quantitative estimate of drug-likeness (QED) is 0.769. The normalized spacial score (nSPS) is 12.5. The van der Waals surface area contributed by atoms with Crippen molar-refractivity contribution >= 4 is 17.6 Å².